The molecule has 0 spiro atoms. The fourth-order valence-corrected chi connectivity index (χ4v) is 3.53. The quantitative estimate of drug-likeness (QED) is 0.913. The van der Waals surface area contributed by atoms with Crippen molar-refractivity contribution >= 4 is 17.6 Å². The van der Waals surface area contributed by atoms with Gasteiger partial charge in [-0.15, -0.1) is 0 Å². The minimum Gasteiger partial charge on any atom is -0.481 e. The summed E-state index contributed by atoms with van der Waals surface area (Å²) in [5.41, 5.74) is -0.0173. The Bertz CT molecular complexity index is 658. The Kier molecular flexibility index (Phi) is 3.46. The Morgan fingerprint density at radius 2 is 1.81 bits per heavy atom. The molecule has 2 aromatic rings. The zero-order valence-corrected chi connectivity index (χ0v) is 12.0. The molecule has 2 nitrogen and oxygen atoms in total. The van der Waals surface area contributed by atoms with E-state index < -0.39 is 17.2 Å². The standard InChI is InChI=1S/C17H14ClFO2/c18-13-7-4-8-14(19)15(13)17(16(20)21)9-12(10-17)11-5-2-1-3-6-11/h1-8,12H,9-10H2,(H,20,21). The number of benzene rings is 2. The number of halogens is 2. The summed E-state index contributed by atoms with van der Waals surface area (Å²) in [5, 5.41) is 9.81. The minimum atomic E-state index is -1.22. The van der Waals surface area contributed by atoms with Crippen LogP contribution in [0.1, 0.15) is 29.9 Å². The highest BCUT2D eigenvalue weighted by Gasteiger charge is 2.54. The monoisotopic (exact) mass is 304 g/mol. The van der Waals surface area contributed by atoms with Crippen LogP contribution in [0.25, 0.3) is 0 Å². The summed E-state index contributed by atoms with van der Waals surface area (Å²) in [6.07, 6.45) is 0.736. The molecule has 1 saturated carbocycles. The number of carboxylic acids is 1. The lowest BCUT2D eigenvalue weighted by Crippen LogP contribution is -2.47. The number of aliphatic carboxylic acids is 1. The summed E-state index contributed by atoms with van der Waals surface area (Å²) in [5.74, 6) is -1.43. The van der Waals surface area contributed by atoms with E-state index in [0.717, 1.165) is 5.56 Å². The molecule has 0 unspecified atom stereocenters. The summed E-state index contributed by atoms with van der Waals surface area (Å²) in [6.45, 7) is 0. The van der Waals surface area contributed by atoms with E-state index in [1.54, 1.807) is 6.07 Å². The molecular formula is C17H14ClFO2. The van der Waals surface area contributed by atoms with Gasteiger partial charge < -0.3 is 5.11 Å². The number of rotatable bonds is 3. The Morgan fingerprint density at radius 1 is 1.14 bits per heavy atom. The van der Waals surface area contributed by atoms with Crippen molar-refractivity contribution in [1.82, 2.24) is 0 Å². The summed E-state index contributed by atoms with van der Waals surface area (Å²) in [4.78, 5) is 11.8. The molecular weight excluding hydrogens is 291 g/mol. The predicted molar refractivity (Wildman–Crippen MR) is 79.1 cm³/mol. The number of carboxylic acid groups (broad SMARTS) is 1. The maximum Gasteiger partial charge on any atom is 0.314 e. The van der Waals surface area contributed by atoms with Crippen molar-refractivity contribution in [3.05, 3.63) is 70.5 Å². The first-order valence-electron chi connectivity index (χ1n) is 6.77. The maximum atomic E-state index is 14.1. The molecule has 1 N–H and O–H groups in total. The highest BCUT2D eigenvalue weighted by molar-refractivity contribution is 6.31. The molecule has 0 amide bonds. The van der Waals surface area contributed by atoms with Gasteiger partial charge in [-0.1, -0.05) is 48.0 Å². The third-order valence-electron chi connectivity index (χ3n) is 4.31. The van der Waals surface area contributed by atoms with Crippen LogP contribution in [0.3, 0.4) is 0 Å². The fourth-order valence-electron chi connectivity index (χ4n) is 3.18. The summed E-state index contributed by atoms with van der Waals surface area (Å²) in [7, 11) is 0. The van der Waals surface area contributed by atoms with Crippen LogP contribution in [-0.2, 0) is 10.2 Å². The van der Waals surface area contributed by atoms with Crippen molar-refractivity contribution in [3.63, 3.8) is 0 Å². The average molecular weight is 305 g/mol. The van der Waals surface area contributed by atoms with Crippen LogP contribution in [0.4, 0.5) is 4.39 Å². The zero-order chi connectivity index (χ0) is 15.0. The number of hydrogen-bond acceptors (Lipinski definition) is 1. The van der Waals surface area contributed by atoms with E-state index in [-0.39, 0.29) is 16.5 Å². The predicted octanol–water partition coefficient (Wildman–Crippen LogP) is 4.38. The first-order chi connectivity index (χ1) is 10.0. The van der Waals surface area contributed by atoms with E-state index >= 15 is 0 Å². The van der Waals surface area contributed by atoms with Crippen LogP contribution in [0.2, 0.25) is 5.02 Å². The van der Waals surface area contributed by atoms with E-state index in [4.69, 9.17) is 11.6 Å². The summed E-state index contributed by atoms with van der Waals surface area (Å²) >= 11 is 6.06. The number of hydrogen-bond donors (Lipinski definition) is 1. The lowest BCUT2D eigenvalue weighted by atomic mass is 9.57. The fraction of sp³-hybridized carbons (Fsp3) is 0.235. The first-order valence-corrected chi connectivity index (χ1v) is 7.15. The maximum absolute atomic E-state index is 14.1. The second-order valence-corrected chi connectivity index (χ2v) is 5.91. The Balaban J connectivity index is 1.97. The molecule has 1 aliphatic rings. The smallest absolute Gasteiger partial charge is 0.314 e. The van der Waals surface area contributed by atoms with Crippen molar-refractivity contribution < 1.29 is 14.3 Å². The number of carbonyl (C=O) groups is 1. The molecule has 0 aromatic heterocycles. The van der Waals surface area contributed by atoms with Gasteiger partial charge >= 0.3 is 5.97 Å². The lowest BCUT2D eigenvalue weighted by molar-refractivity contribution is -0.148. The molecule has 2 aromatic carbocycles. The SMILES string of the molecule is O=C(O)C1(c2c(F)cccc2Cl)CC(c2ccccc2)C1. The van der Waals surface area contributed by atoms with Crippen LogP contribution in [0, 0.1) is 5.82 Å². The molecule has 0 radical (unpaired) electrons. The molecule has 1 aliphatic carbocycles. The van der Waals surface area contributed by atoms with Gasteiger partial charge in [0.2, 0.25) is 0 Å². The second kappa shape index (κ2) is 5.15. The lowest BCUT2D eigenvalue weighted by Gasteiger charge is -2.45. The van der Waals surface area contributed by atoms with Crippen molar-refractivity contribution in [2.24, 2.45) is 0 Å². The van der Waals surface area contributed by atoms with Gasteiger partial charge in [-0.05, 0) is 36.5 Å². The largest absolute Gasteiger partial charge is 0.481 e. The molecule has 21 heavy (non-hydrogen) atoms. The van der Waals surface area contributed by atoms with Crippen LogP contribution in [0.5, 0.6) is 0 Å². The third kappa shape index (κ3) is 2.22. The highest BCUT2D eigenvalue weighted by Crippen LogP contribution is 2.54. The average Bonchev–Trinajstić information content (AvgIpc) is 2.41. The van der Waals surface area contributed by atoms with Gasteiger partial charge in [0.25, 0.3) is 0 Å². The van der Waals surface area contributed by atoms with Gasteiger partial charge in [0.1, 0.15) is 5.82 Å². The van der Waals surface area contributed by atoms with Gasteiger partial charge in [0, 0.05) is 10.6 Å². The van der Waals surface area contributed by atoms with Crippen LogP contribution >= 0.6 is 11.6 Å². The van der Waals surface area contributed by atoms with Gasteiger partial charge in [-0.3, -0.25) is 4.79 Å². The normalized spacial score (nSPS) is 24.4. The first kappa shape index (κ1) is 14.1. The minimum absolute atomic E-state index is 0.117. The van der Waals surface area contributed by atoms with E-state index in [9.17, 15) is 14.3 Å². The second-order valence-electron chi connectivity index (χ2n) is 5.50. The van der Waals surface area contributed by atoms with E-state index in [2.05, 4.69) is 0 Å². The van der Waals surface area contributed by atoms with E-state index in [0.29, 0.717) is 12.8 Å². The molecule has 0 bridgehead atoms. The molecule has 108 valence electrons. The van der Waals surface area contributed by atoms with Crippen LogP contribution < -0.4 is 0 Å². The van der Waals surface area contributed by atoms with Gasteiger partial charge in [-0.2, -0.15) is 0 Å². The highest BCUT2D eigenvalue weighted by atomic mass is 35.5. The van der Waals surface area contributed by atoms with Crippen LogP contribution in [-0.4, -0.2) is 11.1 Å². The molecule has 0 heterocycles. The topological polar surface area (TPSA) is 37.3 Å². The molecule has 0 aliphatic heterocycles. The van der Waals surface area contributed by atoms with E-state index in [1.165, 1.54) is 12.1 Å². The zero-order valence-electron chi connectivity index (χ0n) is 11.2. The van der Waals surface area contributed by atoms with Gasteiger partial charge in [0.15, 0.2) is 0 Å². The molecule has 0 atom stereocenters. The summed E-state index contributed by atoms with van der Waals surface area (Å²) in [6, 6.07) is 14.0. The van der Waals surface area contributed by atoms with Crippen molar-refractivity contribution in [2.45, 2.75) is 24.2 Å². The van der Waals surface area contributed by atoms with Gasteiger partial charge in [0.05, 0.1) is 5.41 Å². The Morgan fingerprint density at radius 3 is 2.38 bits per heavy atom. The summed E-state index contributed by atoms with van der Waals surface area (Å²) < 4.78 is 14.1. The molecule has 4 heteroatoms. The Labute approximate surface area is 127 Å². The molecule has 1 fully saturated rings. The molecule has 0 saturated heterocycles. The van der Waals surface area contributed by atoms with Gasteiger partial charge in [-0.25, -0.2) is 4.39 Å². The van der Waals surface area contributed by atoms with Crippen molar-refractivity contribution in [2.75, 3.05) is 0 Å². The third-order valence-corrected chi connectivity index (χ3v) is 4.63. The molecule has 3 rings (SSSR count). The van der Waals surface area contributed by atoms with E-state index in [1.807, 2.05) is 30.3 Å². The Hall–Kier alpha value is -1.87. The van der Waals surface area contributed by atoms with Crippen molar-refractivity contribution in [1.29, 1.82) is 0 Å². The van der Waals surface area contributed by atoms with Crippen LogP contribution in [0.15, 0.2) is 48.5 Å². The van der Waals surface area contributed by atoms with Crippen molar-refractivity contribution in [3.8, 4) is 0 Å².